The lowest BCUT2D eigenvalue weighted by Crippen LogP contribution is -2.30. The van der Waals surface area contributed by atoms with Gasteiger partial charge in [0.2, 0.25) is 0 Å². The molecule has 0 saturated carbocycles. The Hall–Kier alpha value is -1.79. The molecule has 0 spiro atoms. The van der Waals surface area contributed by atoms with Gasteiger partial charge in [0.25, 0.3) is 0 Å². The summed E-state index contributed by atoms with van der Waals surface area (Å²) in [6, 6.07) is 3.21. The molecule has 1 unspecified atom stereocenters. The topological polar surface area (TPSA) is 66.7 Å². The van der Waals surface area contributed by atoms with Crippen molar-refractivity contribution in [1.82, 2.24) is 15.4 Å². The molecule has 16 heavy (non-hydrogen) atoms. The number of hydrazine groups is 1. The van der Waals surface area contributed by atoms with Crippen LogP contribution in [0.3, 0.4) is 0 Å². The summed E-state index contributed by atoms with van der Waals surface area (Å²) in [5, 5.41) is 0. The third-order valence-electron chi connectivity index (χ3n) is 2.25. The minimum atomic E-state index is -0.929. The molecule has 0 aliphatic rings. The number of nitrogens with zero attached hydrogens (tertiary/aromatic N) is 1. The summed E-state index contributed by atoms with van der Waals surface area (Å²) in [6.07, 6.45) is 3.09. The lowest BCUT2D eigenvalue weighted by atomic mass is 10.1. The van der Waals surface area contributed by atoms with Gasteiger partial charge in [0.1, 0.15) is 11.9 Å². The van der Waals surface area contributed by atoms with Gasteiger partial charge in [-0.3, -0.25) is 5.84 Å². The van der Waals surface area contributed by atoms with Crippen LogP contribution in [0.5, 0.6) is 0 Å². The summed E-state index contributed by atoms with van der Waals surface area (Å²) in [4.78, 5) is 6.74. The van der Waals surface area contributed by atoms with Crippen molar-refractivity contribution in [2.24, 2.45) is 5.84 Å². The summed E-state index contributed by atoms with van der Waals surface area (Å²) in [5.41, 5.74) is 2.50. The number of halogens is 2. The second-order valence-electron chi connectivity index (χ2n) is 3.22. The van der Waals surface area contributed by atoms with Gasteiger partial charge in [-0.15, -0.1) is 0 Å². The second-order valence-corrected chi connectivity index (χ2v) is 3.22. The maximum absolute atomic E-state index is 13.5. The standard InChI is InChI=1S/C10H10F2N4/c11-7-3-1-2-6(8(7)12)9(16-13)10-14-4-5-15-10/h1-5,9,16H,13H2,(H,14,15). The fourth-order valence-corrected chi connectivity index (χ4v) is 1.49. The normalized spacial score (nSPS) is 12.7. The first-order valence-corrected chi connectivity index (χ1v) is 4.63. The Balaban J connectivity index is 2.45. The van der Waals surface area contributed by atoms with Gasteiger partial charge in [-0.2, -0.15) is 0 Å². The van der Waals surface area contributed by atoms with Crippen molar-refractivity contribution in [3.05, 3.63) is 53.6 Å². The monoisotopic (exact) mass is 224 g/mol. The molecule has 2 rings (SSSR count). The molecule has 1 aromatic heterocycles. The van der Waals surface area contributed by atoms with Crippen molar-refractivity contribution in [3.8, 4) is 0 Å². The fraction of sp³-hybridized carbons (Fsp3) is 0.100. The molecule has 84 valence electrons. The van der Waals surface area contributed by atoms with E-state index in [1.807, 2.05) is 0 Å². The van der Waals surface area contributed by atoms with Gasteiger partial charge >= 0.3 is 0 Å². The van der Waals surface area contributed by atoms with Gasteiger partial charge in [0, 0.05) is 18.0 Å². The summed E-state index contributed by atoms with van der Waals surface area (Å²) in [6.45, 7) is 0. The highest BCUT2D eigenvalue weighted by Crippen LogP contribution is 2.22. The van der Waals surface area contributed by atoms with Crippen LogP contribution < -0.4 is 11.3 Å². The minimum absolute atomic E-state index is 0.109. The number of nitrogens with one attached hydrogen (secondary N) is 2. The highest BCUT2D eigenvalue weighted by atomic mass is 19.2. The molecule has 0 amide bonds. The number of benzene rings is 1. The van der Waals surface area contributed by atoms with Crippen molar-refractivity contribution in [2.75, 3.05) is 0 Å². The number of nitrogens with two attached hydrogens (primary N) is 1. The van der Waals surface area contributed by atoms with Crippen LogP contribution in [0.4, 0.5) is 8.78 Å². The van der Waals surface area contributed by atoms with Crippen molar-refractivity contribution < 1.29 is 8.78 Å². The molecule has 0 radical (unpaired) electrons. The third kappa shape index (κ3) is 1.80. The Morgan fingerprint density at radius 2 is 2.19 bits per heavy atom. The predicted molar refractivity (Wildman–Crippen MR) is 54.1 cm³/mol. The Kier molecular flexibility index (Phi) is 2.93. The Bertz CT molecular complexity index is 470. The second kappa shape index (κ2) is 4.38. The van der Waals surface area contributed by atoms with Crippen LogP contribution in [0.25, 0.3) is 0 Å². The van der Waals surface area contributed by atoms with Crippen molar-refractivity contribution in [3.63, 3.8) is 0 Å². The summed E-state index contributed by atoms with van der Waals surface area (Å²) in [7, 11) is 0. The average Bonchev–Trinajstić information content (AvgIpc) is 2.79. The molecule has 4 nitrogen and oxygen atoms in total. The quantitative estimate of drug-likeness (QED) is 0.542. The van der Waals surface area contributed by atoms with Crippen molar-refractivity contribution in [2.45, 2.75) is 6.04 Å². The maximum Gasteiger partial charge on any atom is 0.164 e. The average molecular weight is 224 g/mol. The highest BCUT2D eigenvalue weighted by Gasteiger charge is 2.20. The van der Waals surface area contributed by atoms with Gasteiger partial charge in [-0.25, -0.2) is 19.2 Å². The largest absolute Gasteiger partial charge is 0.347 e. The molecule has 0 bridgehead atoms. The van der Waals surface area contributed by atoms with Crippen LogP contribution in [0.1, 0.15) is 17.4 Å². The van der Waals surface area contributed by atoms with Crippen LogP contribution in [-0.4, -0.2) is 9.97 Å². The fourth-order valence-electron chi connectivity index (χ4n) is 1.49. The van der Waals surface area contributed by atoms with E-state index in [-0.39, 0.29) is 5.56 Å². The van der Waals surface area contributed by atoms with E-state index in [2.05, 4.69) is 15.4 Å². The zero-order chi connectivity index (χ0) is 11.5. The zero-order valence-electron chi connectivity index (χ0n) is 8.24. The summed E-state index contributed by atoms with van der Waals surface area (Å²) >= 11 is 0. The van der Waals surface area contributed by atoms with E-state index in [1.165, 1.54) is 18.3 Å². The van der Waals surface area contributed by atoms with Crippen LogP contribution in [0.2, 0.25) is 0 Å². The van der Waals surface area contributed by atoms with Gasteiger partial charge in [-0.05, 0) is 6.07 Å². The molecule has 6 heteroatoms. The van der Waals surface area contributed by atoms with Crippen LogP contribution >= 0.6 is 0 Å². The smallest absolute Gasteiger partial charge is 0.164 e. The predicted octanol–water partition coefficient (Wildman–Crippen LogP) is 1.24. The molecule has 1 aromatic carbocycles. The molecule has 0 aliphatic heterocycles. The number of imidazole rings is 1. The van der Waals surface area contributed by atoms with Crippen molar-refractivity contribution in [1.29, 1.82) is 0 Å². The first-order valence-electron chi connectivity index (χ1n) is 4.63. The molecule has 4 N–H and O–H groups in total. The van der Waals surface area contributed by atoms with E-state index in [0.717, 1.165) is 6.07 Å². The van der Waals surface area contributed by atoms with Gasteiger partial charge in [-0.1, -0.05) is 12.1 Å². The van der Waals surface area contributed by atoms with E-state index < -0.39 is 17.7 Å². The number of rotatable bonds is 3. The van der Waals surface area contributed by atoms with Crippen LogP contribution in [0, 0.1) is 11.6 Å². The number of hydrogen-bond acceptors (Lipinski definition) is 3. The molecule has 0 aliphatic carbocycles. The molecule has 1 heterocycles. The summed E-state index contributed by atoms with van der Waals surface area (Å²) in [5.74, 6) is 3.90. The highest BCUT2D eigenvalue weighted by molar-refractivity contribution is 5.27. The van der Waals surface area contributed by atoms with E-state index in [4.69, 9.17) is 5.84 Å². The van der Waals surface area contributed by atoms with Crippen LogP contribution in [-0.2, 0) is 0 Å². The zero-order valence-corrected chi connectivity index (χ0v) is 8.24. The first kappa shape index (κ1) is 10.7. The van der Waals surface area contributed by atoms with E-state index in [1.54, 1.807) is 6.20 Å². The lowest BCUT2D eigenvalue weighted by Gasteiger charge is -2.14. The number of aromatic amines is 1. The Morgan fingerprint density at radius 1 is 1.38 bits per heavy atom. The van der Waals surface area contributed by atoms with Gasteiger partial charge in [0.15, 0.2) is 11.6 Å². The molecule has 2 aromatic rings. The molecular weight excluding hydrogens is 214 g/mol. The maximum atomic E-state index is 13.5. The Morgan fingerprint density at radius 3 is 2.81 bits per heavy atom. The molecule has 0 saturated heterocycles. The first-order chi connectivity index (χ1) is 7.74. The lowest BCUT2D eigenvalue weighted by molar-refractivity contribution is 0.479. The molecule has 1 atom stereocenters. The SMILES string of the molecule is NNC(c1ncc[nH]1)c1cccc(F)c1F. The molecule has 0 fully saturated rings. The van der Waals surface area contributed by atoms with E-state index >= 15 is 0 Å². The van der Waals surface area contributed by atoms with E-state index in [0.29, 0.717) is 5.82 Å². The number of H-pyrrole nitrogens is 1. The van der Waals surface area contributed by atoms with Gasteiger partial charge < -0.3 is 4.98 Å². The molecular formula is C10H10F2N4. The number of aromatic nitrogens is 2. The van der Waals surface area contributed by atoms with Crippen molar-refractivity contribution >= 4 is 0 Å². The van der Waals surface area contributed by atoms with Crippen LogP contribution in [0.15, 0.2) is 30.6 Å². The minimum Gasteiger partial charge on any atom is -0.347 e. The number of hydrogen-bond donors (Lipinski definition) is 3. The Labute approximate surface area is 90.5 Å². The third-order valence-corrected chi connectivity index (χ3v) is 2.25. The van der Waals surface area contributed by atoms with Gasteiger partial charge in [0.05, 0.1) is 0 Å². The van der Waals surface area contributed by atoms with E-state index in [9.17, 15) is 8.78 Å². The summed E-state index contributed by atoms with van der Waals surface area (Å²) < 4.78 is 26.6.